The van der Waals surface area contributed by atoms with E-state index in [4.69, 9.17) is 14.2 Å². The van der Waals surface area contributed by atoms with Crippen LogP contribution in [0, 0.1) is 0 Å². The van der Waals surface area contributed by atoms with Gasteiger partial charge in [-0.15, -0.1) is 0 Å². The van der Waals surface area contributed by atoms with E-state index in [9.17, 15) is 9.90 Å². The summed E-state index contributed by atoms with van der Waals surface area (Å²) in [5.74, 6) is 0.177. The Kier molecular flexibility index (Phi) is 11.3. The molecule has 0 spiro atoms. The third-order valence-corrected chi connectivity index (χ3v) is 5.49. The molecule has 0 atom stereocenters. The summed E-state index contributed by atoms with van der Waals surface area (Å²) in [7, 11) is 1.62. The van der Waals surface area contributed by atoms with Crippen LogP contribution in [0.3, 0.4) is 0 Å². The summed E-state index contributed by atoms with van der Waals surface area (Å²) in [5, 5.41) is 9.23. The molecule has 0 heterocycles. The van der Waals surface area contributed by atoms with Gasteiger partial charge in [-0.3, -0.25) is 0 Å². The number of rotatable bonds is 8. The van der Waals surface area contributed by atoms with Gasteiger partial charge in [0.05, 0.1) is 0 Å². The van der Waals surface area contributed by atoms with Gasteiger partial charge < -0.3 is 19.3 Å². The Bertz CT molecular complexity index is 978. The quantitative estimate of drug-likeness (QED) is 0.186. The van der Waals surface area contributed by atoms with E-state index in [0.29, 0.717) is 5.57 Å². The molecule has 1 N–H and O–H groups in total. The van der Waals surface area contributed by atoms with Crippen molar-refractivity contribution in [3.8, 4) is 11.5 Å². The SMILES string of the molecule is C=C(C)C(=O)OC1CCCCC1.COC(C)(C)Oc1ccc(C=CC=Cc2ccc(O)cc2)cc1. The van der Waals surface area contributed by atoms with Gasteiger partial charge in [-0.2, -0.15) is 0 Å². The van der Waals surface area contributed by atoms with E-state index in [2.05, 4.69) is 6.58 Å². The van der Waals surface area contributed by atoms with E-state index in [1.165, 1.54) is 19.3 Å². The first-order chi connectivity index (χ1) is 16.7. The van der Waals surface area contributed by atoms with Crippen molar-refractivity contribution in [2.24, 2.45) is 0 Å². The molecule has 0 bridgehead atoms. The summed E-state index contributed by atoms with van der Waals surface area (Å²) < 4.78 is 16.2. The fourth-order valence-electron chi connectivity index (χ4n) is 3.33. The van der Waals surface area contributed by atoms with E-state index in [1.807, 2.05) is 74.5 Å². The Hall–Kier alpha value is -3.31. The number of methoxy groups -OCH3 is 1. The minimum absolute atomic E-state index is 0.156. The van der Waals surface area contributed by atoms with Gasteiger partial charge in [0, 0.05) is 26.5 Å². The number of carbonyl (C=O) groups is 1. The van der Waals surface area contributed by atoms with Crippen LogP contribution in [0.4, 0.5) is 0 Å². The van der Waals surface area contributed by atoms with Crippen LogP contribution in [0.25, 0.3) is 12.2 Å². The molecule has 35 heavy (non-hydrogen) atoms. The Morgan fingerprint density at radius 3 is 1.94 bits per heavy atom. The molecular weight excluding hydrogens is 440 g/mol. The average Bonchev–Trinajstić information content (AvgIpc) is 2.85. The Morgan fingerprint density at radius 1 is 0.943 bits per heavy atom. The molecule has 5 nitrogen and oxygen atoms in total. The van der Waals surface area contributed by atoms with Crippen molar-refractivity contribution in [2.75, 3.05) is 7.11 Å². The predicted octanol–water partition coefficient (Wildman–Crippen LogP) is 7.32. The summed E-state index contributed by atoms with van der Waals surface area (Å²) in [5.41, 5.74) is 2.63. The van der Waals surface area contributed by atoms with Crippen LogP contribution < -0.4 is 4.74 Å². The van der Waals surface area contributed by atoms with Gasteiger partial charge in [0.1, 0.15) is 17.6 Å². The van der Waals surface area contributed by atoms with Crippen LogP contribution >= 0.6 is 0 Å². The Labute approximate surface area is 209 Å². The molecule has 0 amide bonds. The smallest absolute Gasteiger partial charge is 0.333 e. The van der Waals surface area contributed by atoms with E-state index in [0.717, 1.165) is 29.7 Å². The molecule has 188 valence electrons. The fraction of sp³-hybridized carbons (Fsp3) is 0.367. The fourth-order valence-corrected chi connectivity index (χ4v) is 3.33. The Morgan fingerprint density at radius 2 is 1.46 bits per heavy atom. The highest BCUT2D eigenvalue weighted by atomic mass is 16.7. The second-order valence-electron chi connectivity index (χ2n) is 9.03. The van der Waals surface area contributed by atoms with Gasteiger partial charge in [-0.25, -0.2) is 4.79 Å². The second kappa shape index (κ2) is 14.2. The standard InChI is InChI=1S/C20H22O3.C10H16O2/c1-20(2,22-3)23-19-14-10-17(11-15-19)7-5-4-6-16-8-12-18(21)13-9-16;1-8(2)10(11)12-9-6-4-3-5-7-9/h4-15,21H,1-3H3;9H,1,3-7H2,2H3. The van der Waals surface area contributed by atoms with Gasteiger partial charge in [0.15, 0.2) is 0 Å². The second-order valence-corrected chi connectivity index (χ2v) is 9.03. The monoisotopic (exact) mass is 478 g/mol. The van der Waals surface area contributed by atoms with E-state index < -0.39 is 5.79 Å². The number of phenols is 1. The first kappa shape index (κ1) is 27.9. The highest BCUT2D eigenvalue weighted by molar-refractivity contribution is 5.87. The van der Waals surface area contributed by atoms with Crippen LogP contribution in [0.15, 0.2) is 72.8 Å². The molecule has 1 aliphatic carbocycles. The van der Waals surface area contributed by atoms with Crippen LogP contribution in [0.1, 0.15) is 64.0 Å². The molecule has 0 radical (unpaired) electrons. The van der Waals surface area contributed by atoms with Crippen LogP contribution in [0.2, 0.25) is 0 Å². The van der Waals surface area contributed by atoms with E-state index >= 15 is 0 Å². The zero-order valence-corrected chi connectivity index (χ0v) is 21.3. The van der Waals surface area contributed by atoms with Crippen LogP contribution in [-0.4, -0.2) is 30.1 Å². The lowest BCUT2D eigenvalue weighted by atomic mass is 9.98. The highest BCUT2D eigenvalue weighted by Crippen LogP contribution is 2.21. The first-order valence-corrected chi connectivity index (χ1v) is 12.0. The van der Waals surface area contributed by atoms with Crippen molar-refractivity contribution in [3.05, 3.63) is 84.0 Å². The number of ether oxygens (including phenoxy) is 3. The Balaban J connectivity index is 0.000000303. The van der Waals surface area contributed by atoms with E-state index in [-0.39, 0.29) is 17.8 Å². The molecule has 0 unspecified atom stereocenters. The number of hydrogen-bond donors (Lipinski definition) is 1. The number of benzene rings is 2. The van der Waals surface area contributed by atoms with Crippen molar-refractivity contribution in [1.29, 1.82) is 0 Å². The van der Waals surface area contributed by atoms with Crippen LogP contribution in [-0.2, 0) is 14.3 Å². The van der Waals surface area contributed by atoms with Crippen molar-refractivity contribution in [1.82, 2.24) is 0 Å². The number of carbonyl (C=O) groups excluding carboxylic acids is 1. The minimum Gasteiger partial charge on any atom is -0.508 e. The van der Waals surface area contributed by atoms with Gasteiger partial charge in [-0.1, -0.05) is 61.6 Å². The van der Waals surface area contributed by atoms with Gasteiger partial charge in [-0.05, 0) is 68.0 Å². The summed E-state index contributed by atoms with van der Waals surface area (Å²) in [6.07, 6.45) is 13.8. The largest absolute Gasteiger partial charge is 0.508 e. The number of phenolic OH excluding ortho intramolecular Hbond substituents is 1. The van der Waals surface area contributed by atoms with E-state index in [1.54, 1.807) is 26.2 Å². The molecule has 2 aromatic rings. The summed E-state index contributed by atoms with van der Waals surface area (Å²) >= 11 is 0. The third-order valence-electron chi connectivity index (χ3n) is 5.49. The maximum atomic E-state index is 11.1. The van der Waals surface area contributed by atoms with Gasteiger partial charge in [0.2, 0.25) is 5.79 Å². The minimum atomic E-state index is -0.635. The molecular formula is C30H38O5. The lowest BCUT2D eigenvalue weighted by molar-refractivity contribution is -0.145. The van der Waals surface area contributed by atoms with Crippen molar-refractivity contribution in [3.63, 3.8) is 0 Å². The lowest BCUT2D eigenvalue weighted by Crippen LogP contribution is -2.30. The topological polar surface area (TPSA) is 65.0 Å². The number of aromatic hydroxyl groups is 1. The van der Waals surface area contributed by atoms with Crippen LogP contribution in [0.5, 0.6) is 11.5 Å². The number of esters is 1. The molecule has 0 aromatic heterocycles. The van der Waals surface area contributed by atoms with Crippen molar-refractivity contribution in [2.45, 2.75) is 64.8 Å². The third kappa shape index (κ3) is 11.1. The highest BCUT2D eigenvalue weighted by Gasteiger charge is 2.18. The summed E-state index contributed by atoms with van der Waals surface area (Å²) in [4.78, 5) is 11.1. The van der Waals surface area contributed by atoms with Gasteiger partial charge in [0.25, 0.3) is 0 Å². The molecule has 5 heteroatoms. The zero-order chi connectivity index (χ0) is 25.7. The molecule has 0 saturated heterocycles. The predicted molar refractivity (Wildman–Crippen MR) is 142 cm³/mol. The molecule has 1 aliphatic rings. The van der Waals surface area contributed by atoms with Gasteiger partial charge >= 0.3 is 5.97 Å². The summed E-state index contributed by atoms with van der Waals surface area (Å²) in [6.45, 7) is 8.97. The molecule has 1 saturated carbocycles. The first-order valence-electron chi connectivity index (χ1n) is 12.0. The number of allylic oxidation sites excluding steroid dienone is 2. The molecule has 0 aliphatic heterocycles. The maximum Gasteiger partial charge on any atom is 0.333 e. The molecule has 3 rings (SSSR count). The average molecular weight is 479 g/mol. The van der Waals surface area contributed by atoms with Crippen molar-refractivity contribution < 1.29 is 24.1 Å². The van der Waals surface area contributed by atoms with Crippen molar-refractivity contribution >= 4 is 18.1 Å². The normalized spacial score (nSPS) is 14.4. The maximum absolute atomic E-state index is 11.1. The molecule has 1 fully saturated rings. The lowest BCUT2D eigenvalue weighted by Gasteiger charge is -2.24. The zero-order valence-electron chi connectivity index (χ0n) is 21.3. The molecule has 2 aromatic carbocycles. The number of hydrogen-bond acceptors (Lipinski definition) is 5. The summed E-state index contributed by atoms with van der Waals surface area (Å²) in [6, 6.07) is 14.9.